The average molecular weight is 320 g/mol. The minimum absolute atomic E-state index is 0.00351. The Kier molecular flexibility index (Phi) is 4.77. The maximum absolute atomic E-state index is 12.2. The molecule has 2 amide bonds. The highest BCUT2D eigenvalue weighted by Gasteiger charge is 2.31. The number of nitrogens with two attached hydrogens (primary N) is 1. The zero-order valence-electron chi connectivity index (χ0n) is 14.1. The number of nitrogens with zero attached hydrogens (tertiary/aromatic N) is 3. The molecule has 0 saturated carbocycles. The molecule has 1 aliphatic heterocycles. The number of aromatic nitrogens is 1. The lowest BCUT2D eigenvalue weighted by molar-refractivity contribution is 0.0159. The molecular weight excluding hydrogens is 296 g/mol. The summed E-state index contributed by atoms with van der Waals surface area (Å²) in [4.78, 5) is 31.3. The molecule has 1 aromatic rings. The van der Waals surface area contributed by atoms with Crippen LogP contribution >= 0.6 is 0 Å². The molecule has 2 heterocycles. The Morgan fingerprint density at radius 1 is 1.35 bits per heavy atom. The lowest BCUT2D eigenvalue weighted by Crippen LogP contribution is -2.55. The first-order valence-electron chi connectivity index (χ1n) is 7.68. The second-order valence-corrected chi connectivity index (χ2v) is 6.73. The Morgan fingerprint density at radius 3 is 2.61 bits per heavy atom. The summed E-state index contributed by atoms with van der Waals surface area (Å²) in [5.74, 6) is -0.549. The fourth-order valence-corrected chi connectivity index (χ4v) is 2.53. The molecule has 7 nitrogen and oxygen atoms in total. The number of hydrogen-bond donors (Lipinski definition) is 1. The predicted molar refractivity (Wildman–Crippen MR) is 87.4 cm³/mol. The molecule has 7 heteroatoms. The van der Waals surface area contributed by atoms with Crippen molar-refractivity contribution in [1.29, 1.82) is 0 Å². The quantitative estimate of drug-likeness (QED) is 0.894. The summed E-state index contributed by atoms with van der Waals surface area (Å²) >= 11 is 0. The van der Waals surface area contributed by atoms with Gasteiger partial charge in [-0.15, -0.1) is 0 Å². The molecule has 23 heavy (non-hydrogen) atoms. The van der Waals surface area contributed by atoms with Gasteiger partial charge in [0.05, 0.1) is 0 Å². The van der Waals surface area contributed by atoms with Gasteiger partial charge < -0.3 is 20.3 Å². The van der Waals surface area contributed by atoms with Gasteiger partial charge in [-0.05, 0) is 39.8 Å². The van der Waals surface area contributed by atoms with Crippen molar-refractivity contribution >= 4 is 17.7 Å². The standard InChI is InChI=1S/C16H24N4O3/c1-11-10-19(12-5-6-18-13(9-12)14(17)21)7-8-20(11)15(22)23-16(2,3)4/h5-6,9,11H,7-8,10H2,1-4H3,(H2,17,21)/t11-/m1/s1. The number of primary amides is 1. The molecule has 1 aliphatic rings. The van der Waals surface area contributed by atoms with Crippen LogP contribution in [0.25, 0.3) is 0 Å². The Morgan fingerprint density at radius 2 is 2.04 bits per heavy atom. The molecular formula is C16H24N4O3. The van der Waals surface area contributed by atoms with E-state index in [9.17, 15) is 9.59 Å². The van der Waals surface area contributed by atoms with Crippen LogP contribution in [0.3, 0.4) is 0 Å². The van der Waals surface area contributed by atoms with Gasteiger partial charge in [-0.3, -0.25) is 9.78 Å². The molecule has 1 atom stereocenters. The summed E-state index contributed by atoms with van der Waals surface area (Å²) in [6, 6.07) is 3.52. The van der Waals surface area contributed by atoms with E-state index in [0.29, 0.717) is 19.6 Å². The maximum atomic E-state index is 12.2. The molecule has 1 fully saturated rings. The van der Waals surface area contributed by atoms with Gasteiger partial charge in [0.25, 0.3) is 5.91 Å². The number of rotatable bonds is 2. The second-order valence-electron chi connectivity index (χ2n) is 6.73. The number of carbonyl (C=O) groups is 2. The van der Waals surface area contributed by atoms with Crippen LogP contribution in [0.5, 0.6) is 0 Å². The van der Waals surface area contributed by atoms with Gasteiger partial charge >= 0.3 is 6.09 Å². The van der Waals surface area contributed by atoms with Crippen LogP contribution in [0, 0.1) is 0 Å². The third kappa shape index (κ3) is 4.34. The van der Waals surface area contributed by atoms with Gasteiger partial charge in [0, 0.05) is 37.6 Å². The van der Waals surface area contributed by atoms with Gasteiger partial charge in [0.1, 0.15) is 11.3 Å². The molecule has 1 saturated heterocycles. The molecule has 1 aromatic heterocycles. The second kappa shape index (κ2) is 6.44. The predicted octanol–water partition coefficient (Wildman–Crippen LogP) is 1.63. The third-order valence-electron chi connectivity index (χ3n) is 3.62. The maximum Gasteiger partial charge on any atom is 0.410 e. The van der Waals surface area contributed by atoms with Crippen LogP contribution in [0.4, 0.5) is 10.5 Å². The van der Waals surface area contributed by atoms with E-state index in [1.54, 1.807) is 17.2 Å². The summed E-state index contributed by atoms with van der Waals surface area (Å²) in [5, 5.41) is 0. The first kappa shape index (κ1) is 17.1. The number of anilines is 1. The van der Waals surface area contributed by atoms with Crippen molar-refractivity contribution in [3.63, 3.8) is 0 Å². The SMILES string of the molecule is C[C@@H]1CN(c2ccnc(C(N)=O)c2)CCN1C(=O)OC(C)(C)C. The molecule has 0 bridgehead atoms. The highest BCUT2D eigenvalue weighted by molar-refractivity contribution is 5.91. The number of amides is 2. The van der Waals surface area contributed by atoms with E-state index in [4.69, 9.17) is 10.5 Å². The molecule has 2 rings (SSSR count). The summed E-state index contributed by atoms with van der Waals surface area (Å²) in [5.41, 5.74) is 5.89. The zero-order chi connectivity index (χ0) is 17.2. The zero-order valence-corrected chi connectivity index (χ0v) is 14.1. The normalized spacial score (nSPS) is 18.7. The van der Waals surface area contributed by atoms with Crippen LogP contribution < -0.4 is 10.6 Å². The minimum atomic E-state index is -0.549. The number of ether oxygens (including phenoxy) is 1. The topological polar surface area (TPSA) is 88.8 Å². The van der Waals surface area contributed by atoms with Crippen molar-refractivity contribution in [2.45, 2.75) is 39.3 Å². The molecule has 2 N–H and O–H groups in total. The smallest absolute Gasteiger partial charge is 0.410 e. The lowest BCUT2D eigenvalue weighted by atomic mass is 10.1. The third-order valence-corrected chi connectivity index (χ3v) is 3.62. The summed E-state index contributed by atoms with van der Waals surface area (Å²) in [6.07, 6.45) is 1.28. The van der Waals surface area contributed by atoms with E-state index >= 15 is 0 Å². The molecule has 0 unspecified atom stereocenters. The number of pyridine rings is 1. The fraction of sp³-hybridized carbons (Fsp3) is 0.562. The van der Waals surface area contributed by atoms with E-state index in [1.165, 1.54) is 0 Å². The fourth-order valence-electron chi connectivity index (χ4n) is 2.53. The van der Waals surface area contributed by atoms with Gasteiger partial charge in [0.15, 0.2) is 0 Å². The molecule has 0 aromatic carbocycles. The van der Waals surface area contributed by atoms with Crippen LogP contribution in [0.15, 0.2) is 18.3 Å². The Hall–Kier alpha value is -2.31. The Bertz CT molecular complexity index is 597. The summed E-state index contributed by atoms with van der Waals surface area (Å²) in [7, 11) is 0. The van der Waals surface area contributed by atoms with Crippen LogP contribution in [-0.4, -0.2) is 53.2 Å². The Balaban J connectivity index is 2.05. The first-order chi connectivity index (χ1) is 10.7. The van der Waals surface area contributed by atoms with Crippen molar-refractivity contribution in [3.8, 4) is 0 Å². The van der Waals surface area contributed by atoms with E-state index in [-0.39, 0.29) is 17.8 Å². The molecule has 0 radical (unpaired) electrons. The van der Waals surface area contributed by atoms with Crippen molar-refractivity contribution in [3.05, 3.63) is 24.0 Å². The number of piperazine rings is 1. The van der Waals surface area contributed by atoms with Gasteiger partial charge in [0.2, 0.25) is 0 Å². The lowest BCUT2D eigenvalue weighted by Gasteiger charge is -2.41. The van der Waals surface area contributed by atoms with Crippen LogP contribution in [0.2, 0.25) is 0 Å². The van der Waals surface area contributed by atoms with Crippen molar-refractivity contribution in [2.24, 2.45) is 5.73 Å². The highest BCUT2D eigenvalue weighted by atomic mass is 16.6. The summed E-state index contributed by atoms with van der Waals surface area (Å²) in [6.45, 7) is 9.42. The highest BCUT2D eigenvalue weighted by Crippen LogP contribution is 2.21. The van der Waals surface area contributed by atoms with Gasteiger partial charge in [-0.25, -0.2) is 4.79 Å². The molecule has 0 spiro atoms. The van der Waals surface area contributed by atoms with Crippen molar-refractivity contribution in [2.75, 3.05) is 24.5 Å². The average Bonchev–Trinajstić information content (AvgIpc) is 2.45. The monoisotopic (exact) mass is 320 g/mol. The van der Waals surface area contributed by atoms with Crippen molar-refractivity contribution in [1.82, 2.24) is 9.88 Å². The van der Waals surface area contributed by atoms with E-state index in [0.717, 1.165) is 5.69 Å². The van der Waals surface area contributed by atoms with Crippen molar-refractivity contribution < 1.29 is 14.3 Å². The van der Waals surface area contributed by atoms with E-state index in [1.807, 2.05) is 33.8 Å². The van der Waals surface area contributed by atoms with Crippen LogP contribution in [-0.2, 0) is 4.74 Å². The number of carbonyl (C=O) groups excluding carboxylic acids is 2. The largest absolute Gasteiger partial charge is 0.444 e. The van der Waals surface area contributed by atoms with E-state index < -0.39 is 11.5 Å². The molecule has 126 valence electrons. The van der Waals surface area contributed by atoms with Crippen LogP contribution in [0.1, 0.15) is 38.2 Å². The first-order valence-corrected chi connectivity index (χ1v) is 7.68. The van der Waals surface area contributed by atoms with Gasteiger partial charge in [-0.1, -0.05) is 0 Å². The number of hydrogen-bond acceptors (Lipinski definition) is 5. The van der Waals surface area contributed by atoms with Gasteiger partial charge in [-0.2, -0.15) is 0 Å². The summed E-state index contributed by atoms with van der Waals surface area (Å²) < 4.78 is 5.44. The van der Waals surface area contributed by atoms with E-state index in [2.05, 4.69) is 9.88 Å². The Labute approximate surface area is 136 Å². The molecule has 0 aliphatic carbocycles. The minimum Gasteiger partial charge on any atom is -0.444 e.